The molecule has 3 heterocycles. The van der Waals surface area contributed by atoms with E-state index in [2.05, 4.69) is 83.1 Å². The first kappa shape index (κ1) is 41.3. The van der Waals surface area contributed by atoms with Gasteiger partial charge in [0.25, 0.3) is 0 Å². The fourth-order valence-electron chi connectivity index (χ4n) is 7.12. The van der Waals surface area contributed by atoms with Gasteiger partial charge in [0.2, 0.25) is 0 Å². The largest absolute Gasteiger partial charge is 0.512 e. The molecule has 1 N–H and O–H groups in total. The van der Waals surface area contributed by atoms with Crippen LogP contribution in [0.5, 0.6) is 5.75 Å². The van der Waals surface area contributed by atoms with Crippen LogP contribution in [0, 0.1) is 22.8 Å². The van der Waals surface area contributed by atoms with Gasteiger partial charge in [-0.15, -0.1) is 29.1 Å². The standard InChI is InChI=1S/C31H30NO2.C15H28O2.Ir/c1-18(2)14-21-17-24-26(33-21)10-11-27-28(24)23-12-13-32-29(30(23)34-27)20-15-19-8-6-7-9-22(19)25(16-20)31(3,4)5;1-7-14(5,8-2)12(16)11-13(17)15(6,9-3)10-4;/h6-13,16,18,21H,14,17H2,1-5H3;11,16H,7-10H2,1-6H3;/q-1;;/b;12-11-;. The van der Waals surface area contributed by atoms with Gasteiger partial charge in [-0.2, -0.15) is 0 Å². The molecule has 1 atom stereocenters. The number of hydrogen-bond acceptors (Lipinski definition) is 5. The van der Waals surface area contributed by atoms with Crippen molar-refractivity contribution >= 4 is 38.5 Å². The van der Waals surface area contributed by atoms with E-state index in [1.165, 1.54) is 28.0 Å². The quantitative estimate of drug-likeness (QED) is 0.0859. The summed E-state index contributed by atoms with van der Waals surface area (Å²) in [5, 5.41) is 14.7. The van der Waals surface area contributed by atoms with Gasteiger partial charge in [-0.1, -0.05) is 105 Å². The number of aliphatic hydroxyl groups is 1. The Labute approximate surface area is 325 Å². The van der Waals surface area contributed by atoms with Crippen molar-refractivity contribution in [3.05, 3.63) is 83.8 Å². The molecule has 0 saturated carbocycles. The Kier molecular flexibility index (Phi) is 12.9. The molecule has 0 bridgehead atoms. The number of pyridine rings is 1. The summed E-state index contributed by atoms with van der Waals surface area (Å²) in [4.78, 5) is 17.0. The number of aliphatic hydroxyl groups excluding tert-OH is 1. The second-order valence-electron chi connectivity index (χ2n) is 16.4. The van der Waals surface area contributed by atoms with Crippen molar-refractivity contribution in [3.63, 3.8) is 0 Å². The maximum Gasteiger partial charge on any atom is 0.164 e. The molecule has 1 unspecified atom stereocenters. The maximum atomic E-state index is 12.2. The molecule has 6 rings (SSSR count). The molecule has 1 aliphatic rings. The number of fused-ring (bicyclic) bond motifs is 6. The SMILES string of the molecule is CC(C)CC1Cc2c(ccc3oc4c(-c5[c-]c6ccccc6c(C(C)(C)C)c5)nccc4c23)O1.CCC(C)(CC)C(=O)/C=C(\O)C(C)(CC)CC.[Ir]. The van der Waals surface area contributed by atoms with E-state index in [0.717, 1.165) is 77.5 Å². The molecule has 52 heavy (non-hydrogen) atoms. The fraction of sp³-hybridized carbons (Fsp3) is 0.478. The maximum absolute atomic E-state index is 12.2. The Morgan fingerprint density at radius 1 is 0.942 bits per heavy atom. The number of carbonyl (C=O) groups is 1. The number of ketones is 1. The molecule has 0 fully saturated rings. The number of ether oxygens (including phenoxy) is 1. The zero-order valence-corrected chi connectivity index (χ0v) is 35.5. The van der Waals surface area contributed by atoms with E-state index in [1.54, 1.807) is 0 Å². The molecule has 3 aromatic carbocycles. The summed E-state index contributed by atoms with van der Waals surface area (Å²) in [5.74, 6) is 1.88. The minimum absolute atomic E-state index is 0. The Hall–Kier alpha value is -3.47. The third-order valence-electron chi connectivity index (χ3n) is 11.5. The minimum Gasteiger partial charge on any atom is -0.512 e. The first-order valence-corrected chi connectivity index (χ1v) is 19.0. The second kappa shape index (κ2) is 16.3. The van der Waals surface area contributed by atoms with Crippen LogP contribution < -0.4 is 4.74 Å². The zero-order chi connectivity index (χ0) is 37.3. The molecular formula is C46H58IrNO4-. The number of rotatable bonds is 10. The van der Waals surface area contributed by atoms with Crippen LogP contribution >= 0.6 is 0 Å². The van der Waals surface area contributed by atoms with Crippen molar-refractivity contribution in [3.8, 4) is 17.0 Å². The van der Waals surface area contributed by atoms with E-state index in [-0.39, 0.29) is 54.0 Å². The number of furan rings is 1. The van der Waals surface area contributed by atoms with Gasteiger partial charge in [0.05, 0.1) is 0 Å². The molecule has 1 aliphatic heterocycles. The molecule has 2 aromatic heterocycles. The Morgan fingerprint density at radius 3 is 2.21 bits per heavy atom. The van der Waals surface area contributed by atoms with Gasteiger partial charge in [-0.25, -0.2) is 0 Å². The van der Waals surface area contributed by atoms with Gasteiger partial charge in [-0.05, 0) is 61.6 Å². The fourth-order valence-corrected chi connectivity index (χ4v) is 7.12. The van der Waals surface area contributed by atoms with Gasteiger partial charge in [0.15, 0.2) is 5.78 Å². The Morgan fingerprint density at radius 2 is 1.60 bits per heavy atom. The molecular weight excluding hydrogens is 823 g/mol. The zero-order valence-electron chi connectivity index (χ0n) is 33.1. The minimum atomic E-state index is -0.337. The molecule has 1 radical (unpaired) electrons. The average Bonchev–Trinajstić information content (AvgIpc) is 3.70. The van der Waals surface area contributed by atoms with E-state index in [4.69, 9.17) is 14.1 Å². The predicted octanol–water partition coefficient (Wildman–Crippen LogP) is 12.9. The molecule has 0 spiro atoms. The number of allylic oxidation sites excluding steroid dienone is 2. The summed E-state index contributed by atoms with van der Waals surface area (Å²) < 4.78 is 12.8. The van der Waals surface area contributed by atoms with Crippen LogP contribution in [-0.4, -0.2) is 22.0 Å². The number of nitrogens with zero attached hydrogens (tertiary/aromatic N) is 1. The normalized spacial score (nSPS) is 15.0. The smallest absolute Gasteiger partial charge is 0.164 e. The van der Waals surface area contributed by atoms with E-state index in [0.29, 0.717) is 5.92 Å². The first-order valence-electron chi connectivity index (χ1n) is 19.0. The van der Waals surface area contributed by atoms with Crippen LogP contribution in [-0.2, 0) is 36.7 Å². The number of hydrogen-bond donors (Lipinski definition) is 1. The number of aromatic nitrogens is 1. The van der Waals surface area contributed by atoms with Gasteiger partial charge in [0.1, 0.15) is 28.8 Å². The van der Waals surface area contributed by atoms with Crippen LogP contribution in [0.1, 0.15) is 119 Å². The third kappa shape index (κ3) is 8.19. The van der Waals surface area contributed by atoms with Crippen molar-refractivity contribution in [2.24, 2.45) is 16.7 Å². The van der Waals surface area contributed by atoms with E-state index >= 15 is 0 Å². The summed E-state index contributed by atoms with van der Waals surface area (Å²) in [7, 11) is 0. The van der Waals surface area contributed by atoms with Gasteiger partial charge >= 0.3 is 0 Å². The first-order chi connectivity index (χ1) is 24.1. The Balaban J connectivity index is 0.000000289. The monoisotopic (exact) mass is 881 g/mol. The molecule has 5 aromatic rings. The van der Waals surface area contributed by atoms with Crippen molar-refractivity contribution in [1.29, 1.82) is 0 Å². The van der Waals surface area contributed by atoms with Crippen molar-refractivity contribution in [2.75, 3.05) is 0 Å². The summed E-state index contributed by atoms with van der Waals surface area (Å²) >= 11 is 0. The summed E-state index contributed by atoms with van der Waals surface area (Å²) in [6.45, 7) is 23.3. The predicted molar refractivity (Wildman–Crippen MR) is 213 cm³/mol. The van der Waals surface area contributed by atoms with E-state index < -0.39 is 0 Å². The van der Waals surface area contributed by atoms with Crippen LogP contribution in [0.2, 0.25) is 0 Å². The van der Waals surface area contributed by atoms with Crippen molar-refractivity contribution < 1.29 is 39.2 Å². The van der Waals surface area contributed by atoms with Gasteiger partial charge < -0.3 is 14.3 Å². The molecule has 0 amide bonds. The molecule has 5 nitrogen and oxygen atoms in total. The van der Waals surface area contributed by atoms with Crippen LogP contribution in [0.3, 0.4) is 0 Å². The van der Waals surface area contributed by atoms with Gasteiger partial charge in [-0.3, -0.25) is 9.78 Å². The topological polar surface area (TPSA) is 72.6 Å². The third-order valence-corrected chi connectivity index (χ3v) is 11.5. The molecule has 0 aliphatic carbocycles. The number of benzene rings is 3. The van der Waals surface area contributed by atoms with E-state index in [9.17, 15) is 9.90 Å². The number of carbonyl (C=O) groups excluding carboxylic acids is 1. The molecule has 281 valence electrons. The van der Waals surface area contributed by atoms with E-state index in [1.807, 2.05) is 53.8 Å². The Bertz CT molecular complexity index is 2060. The van der Waals surface area contributed by atoms with Crippen LogP contribution in [0.25, 0.3) is 44.0 Å². The van der Waals surface area contributed by atoms with Crippen LogP contribution in [0.15, 0.2) is 71.0 Å². The summed E-state index contributed by atoms with van der Waals surface area (Å²) in [6.07, 6.45) is 8.86. The summed E-state index contributed by atoms with van der Waals surface area (Å²) in [5.41, 5.74) is 5.48. The molecule has 6 heteroatoms. The molecule has 0 saturated heterocycles. The van der Waals surface area contributed by atoms with Gasteiger partial charge in [0, 0.05) is 71.7 Å². The van der Waals surface area contributed by atoms with Crippen LogP contribution in [0.4, 0.5) is 0 Å². The summed E-state index contributed by atoms with van der Waals surface area (Å²) in [6, 6.07) is 20.5. The average molecular weight is 881 g/mol. The van der Waals surface area contributed by atoms with Crippen molar-refractivity contribution in [2.45, 2.75) is 126 Å². The second-order valence-corrected chi connectivity index (χ2v) is 16.4. The van der Waals surface area contributed by atoms with Crippen molar-refractivity contribution in [1.82, 2.24) is 4.98 Å².